The fourth-order valence-electron chi connectivity index (χ4n) is 1.92. The highest BCUT2D eigenvalue weighted by Crippen LogP contribution is 2.24. The zero-order chi connectivity index (χ0) is 14.7. The Hall–Kier alpha value is -2.69. The Balaban J connectivity index is 2.26. The first-order valence-electron chi connectivity index (χ1n) is 6.10. The number of hydrogen-bond acceptors (Lipinski definition) is 4. The normalized spacial score (nSPS) is 10.1. The molecule has 0 saturated heterocycles. The number of rotatable bonds is 4. The first-order valence-corrected chi connectivity index (χ1v) is 6.10. The van der Waals surface area contributed by atoms with E-state index in [4.69, 9.17) is 0 Å². The number of hydrogen-bond donors (Lipinski definition) is 1. The SMILES string of the molecule is CC(=O)c1cccc(Nc2ccc([N+](=O)[O-])c(C)c2)c1. The minimum atomic E-state index is -0.407. The van der Waals surface area contributed by atoms with Gasteiger partial charge in [0.1, 0.15) is 0 Å². The molecule has 0 amide bonds. The minimum absolute atomic E-state index is 0.00599. The van der Waals surface area contributed by atoms with Crippen molar-refractivity contribution in [2.24, 2.45) is 0 Å². The largest absolute Gasteiger partial charge is 0.355 e. The van der Waals surface area contributed by atoms with Crippen molar-refractivity contribution < 1.29 is 9.72 Å². The van der Waals surface area contributed by atoms with E-state index in [-0.39, 0.29) is 11.5 Å². The second kappa shape index (κ2) is 5.52. The number of nitrogens with one attached hydrogen (secondary N) is 1. The van der Waals surface area contributed by atoms with E-state index in [1.54, 1.807) is 37.3 Å². The molecular weight excluding hydrogens is 256 g/mol. The summed E-state index contributed by atoms with van der Waals surface area (Å²) in [5, 5.41) is 13.9. The van der Waals surface area contributed by atoms with Crippen molar-refractivity contribution in [3.63, 3.8) is 0 Å². The molecule has 2 rings (SSSR count). The van der Waals surface area contributed by atoms with Gasteiger partial charge in [-0.05, 0) is 38.1 Å². The van der Waals surface area contributed by atoms with Crippen LogP contribution in [0.15, 0.2) is 42.5 Å². The second-order valence-electron chi connectivity index (χ2n) is 4.52. The first-order chi connectivity index (χ1) is 9.47. The van der Waals surface area contributed by atoms with Gasteiger partial charge in [0, 0.05) is 28.6 Å². The lowest BCUT2D eigenvalue weighted by molar-refractivity contribution is -0.385. The van der Waals surface area contributed by atoms with Crippen LogP contribution in [0.3, 0.4) is 0 Å². The summed E-state index contributed by atoms with van der Waals surface area (Å²) in [6.45, 7) is 3.20. The van der Waals surface area contributed by atoms with E-state index in [0.29, 0.717) is 11.1 Å². The number of ketones is 1. The summed E-state index contributed by atoms with van der Waals surface area (Å²) >= 11 is 0. The van der Waals surface area contributed by atoms with Crippen LogP contribution in [-0.2, 0) is 0 Å². The van der Waals surface area contributed by atoms with Crippen molar-refractivity contribution in [1.29, 1.82) is 0 Å². The van der Waals surface area contributed by atoms with Crippen molar-refractivity contribution in [3.8, 4) is 0 Å². The van der Waals surface area contributed by atoms with Crippen LogP contribution in [-0.4, -0.2) is 10.7 Å². The summed E-state index contributed by atoms with van der Waals surface area (Å²) in [7, 11) is 0. The van der Waals surface area contributed by atoms with Gasteiger partial charge in [0.15, 0.2) is 5.78 Å². The predicted molar refractivity (Wildman–Crippen MR) is 77.6 cm³/mol. The Morgan fingerprint density at radius 3 is 2.45 bits per heavy atom. The van der Waals surface area contributed by atoms with Crippen LogP contribution >= 0.6 is 0 Å². The van der Waals surface area contributed by atoms with E-state index in [0.717, 1.165) is 11.4 Å². The molecule has 0 unspecified atom stereocenters. The van der Waals surface area contributed by atoms with Crippen molar-refractivity contribution in [1.82, 2.24) is 0 Å². The summed E-state index contributed by atoms with van der Waals surface area (Å²) < 4.78 is 0. The Bertz CT molecular complexity index is 681. The third-order valence-corrected chi connectivity index (χ3v) is 2.95. The molecule has 0 aliphatic rings. The van der Waals surface area contributed by atoms with Crippen LogP contribution in [0.4, 0.5) is 17.1 Å². The van der Waals surface area contributed by atoms with Gasteiger partial charge < -0.3 is 5.32 Å². The van der Waals surface area contributed by atoms with Crippen LogP contribution in [0.1, 0.15) is 22.8 Å². The maximum atomic E-state index is 11.3. The molecule has 0 fully saturated rings. The highest BCUT2D eigenvalue weighted by molar-refractivity contribution is 5.95. The molecule has 5 heteroatoms. The van der Waals surface area contributed by atoms with Crippen molar-refractivity contribution in [2.45, 2.75) is 13.8 Å². The van der Waals surface area contributed by atoms with Gasteiger partial charge in [-0.1, -0.05) is 12.1 Å². The fraction of sp³-hybridized carbons (Fsp3) is 0.133. The fourth-order valence-corrected chi connectivity index (χ4v) is 1.92. The smallest absolute Gasteiger partial charge is 0.272 e. The summed E-state index contributed by atoms with van der Waals surface area (Å²) in [4.78, 5) is 21.7. The monoisotopic (exact) mass is 270 g/mol. The average molecular weight is 270 g/mol. The van der Waals surface area contributed by atoms with Gasteiger partial charge in [0.2, 0.25) is 0 Å². The molecule has 0 aliphatic heterocycles. The molecule has 0 heterocycles. The van der Waals surface area contributed by atoms with E-state index in [1.807, 2.05) is 6.07 Å². The second-order valence-corrected chi connectivity index (χ2v) is 4.52. The number of nitro groups is 1. The lowest BCUT2D eigenvalue weighted by Crippen LogP contribution is -1.97. The van der Waals surface area contributed by atoms with Crippen LogP contribution in [0.2, 0.25) is 0 Å². The standard InChI is InChI=1S/C15H14N2O3/c1-10-8-14(6-7-15(10)17(19)20)16-13-5-3-4-12(9-13)11(2)18/h3-9,16H,1-2H3. The van der Waals surface area contributed by atoms with Gasteiger partial charge >= 0.3 is 0 Å². The number of benzene rings is 2. The van der Waals surface area contributed by atoms with Gasteiger partial charge in [-0.2, -0.15) is 0 Å². The van der Waals surface area contributed by atoms with E-state index in [9.17, 15) is 14.9 Å². The maximum Gasteiger partial charge on any atom is 0.272 e. The van der Waals surface area contributed by atoms with Gasteiger partial charge in [-0.15, -0.1) is 0 Å². The van der Waals surface area contributed by atoms with Gasteiger partial charge in [-0.3, -0.25) is 14.9 Å². The Labute approximate surface area is 116 Å². The molecule has 0 aromatic heterocycles. The van der Waals surface area contributed by atoms with E-state index >= 15 is 0 Å². The van der Waals surface area contributed by atoms with Crippen molar-refractivity contribution in [2.75, 3.05) is 5.32 Å². The Kier molecular flexibility index (Phi) is 3.79. The van der Waals surface area contributed by atoms with E-state index < -0.39 is 4.92 Å². The molecule has 1 N–H and O–H groups in total. The maximum absolute atomic E-state index is 11.3. The predicted octanol–water partition coefficient (Wildman–Crippen LogP) is 3.85. The molecule has 2 aromatic rings. The number of aryl methyl sites for hydroxylation is 1. The number of carbonyl (C=O) groups is 1. The molecule has 0 bridgehead atoms. The molecule has 20 heavy (non-hydrogen) atoms. The molecule has 0 aliphatic carbocycles. The number of Topliss-reactive ketones (excluding diaryl/α,β-unsaturated/α-hetero) is 1. The molecule has 5 nitrogen and oxygen atoms in total. The first kappa shape index (κ1) is 13.7. The quantitative estimate of drug-likeness (QED) is 0.520. The van der Waals surface area contributed by atoms with E-state index in [2.05, 4.69) is 5.32 Å². The molecule has 0 spiro atoms. The lowest BCUT2D eigenvalue weighted by Gasteiger charge is -2.08. The van der Waals surface area contributed by atoms with Gasteiger partial charge in [-0.25, -0.2) is 0 Å². The average Bonchev–Trinajstić information content (AvgIpc) is 2.38. The molecule has 102 valence electrons. The van der Waals surface area contributed by atoms with Crippen LogP contribution in [0.5, 0.6) is 0 Å². The summed E-state index contributed by atoms with van der Waals surface area (Å²) in [5.74, 6) is -0.00599. The molecule has 0 saturated carbocycles. The number of nitro benzene ring substituents is 1. The van der Waals surface area contributed by atoms with Gasteiger partial charge in [0.05, 0.1) is 4.92 Å². The summed E-state index contributed by atoms with van der Waals surface area (Å²) in [6, 6.07) is 11.9. The Morgan fingerprint density at radius 2 is 1.85 bits per heavy atom. The zero-order valence-electron chi connectivity index (χ0n) is 11.2. The minimum Gasteiger partial charge on any atom is -0.355 e. The topological polar surface area (TPSA) is 72.2 Å². The van der Waals surface area contributed by atoms with Crippen LogP contribution < -0.4 is 5.32 Å². The van der Waals surface area contributed by atoms with Crippen molar-refractivity contribution in [3.05, 3.63) is 63.7 Å². The zero-order valence-corrected chi connectivity index (χ0v) is 11.2. The third-order valence-electron chi connectivity index (χ3n) is 2.95. The molecule has 2 aromatic carbocycles. The number of nitrogens with zero attached hydrogens (tertiary/aromatic N) is 1. The van der Waals surface area contributed by atoms with Crippen LogP contribution in [0.25, 0.3) is 0 Å². The van der Waals surface area contributed by atoms with Crippen LogP contribution in [0, 0.1) is 17.0 Å². The summed E-state index contributed by atoms with van der Waals surface area (Å²) in [6.07, 6.45) is 0. The lowest BCUT2D eigenvalue weighted by atomic mass is 10.1. The number of carbonyl (C=O) groups excluding carboxylic acids is 1. The Morgan fingerprint density at radius 1 is 1.15 bits per heavy atom. The summed E-state index contributed by atoms with van der Waals surface area (Å²) in [5.41, 5.74) is 2.81. The third kappa shape index (κ3) is 3.00. The molecule has 0 atom stereocenters. The van der Waals surface area contributed by atoms with E-state index in [1.165, 1.54) is 13.0 Å². The van der Waals surface area contributed by atoms with Crippen molar-refractivity contribution >= 4 is 22.8 Å². The van der Waals surface area contributed by atoms with Gasteiger partial charge in [0.25, 0.3) is 5.69 Å². The number of anilines is 2. The highest BCUT2D eigenvalue weighted by atomic mass is 16.6. The molecule has 0 radical (unpaired) electrons. The molecular formula is C15H14N2O3. The highest BCUT2D eigenvalue weighted by Gasteiger charge is 2.10.